The first-order chi connectivity index (χ1) is 7.81. The zero-order valence-corrected chi connectivity index (χ0v) is 9.52. The van der Waals surface area contributed by atoms with Crippen LogP contribution in [0.3, 0.4) is 0 Å². The summed E-state index contributed by atoms with van der Waals surface area (Å²) < 4.78 is 5.13. The van der Waals surface area contributed by atoms with E-state index in [9.17, 15) is 4.79 Å². The number of amides is 1. The lowest BCUT2D eigenvalue weighted by Crippen LogP contribution is -2.33. The van der Waals surface area contributed by atoms with Crippen molar-refractivity contribution in [2.24, 2.45) is 29.4 Å². The molecular weight excluding hydrogens is 204 g/mol. The molecule has 0 aromatic rings. The molecule has 0 spiro atoms. The maximum Gasteiger partial charge on any atom is 0.246 e. The van der Waals surface area contributed by atoms with E-state index >= 15 is 0 Å². The Labute approximate surface area is 95.9 Å². The van der Waals surface area contributed by atoms with Crippen molar-refractivity contribution in [2.45, 2.75) is 25.3 Å². The quantitative estimate of drug-likeness (QED) is 0.652. The van der Waals surface area contributed by atoms with Crippen molar-refractivity contribution in [3.8, 4) is 0 Å². The summed E-state index contributed by atoms with van der Waals surface area (Å²) in [5.74, 6) is 3.46. The fourth-order valence-corrected chi connectivity index (χ4v) is 3.99. The van der Waals surface area contributed by atoms with Crippen molar-refractivity contribution >= 4 is 5.91 Å². The lowest BCUT2D eigenvalue weighted by Gasteiger charge is -2.10. The van der Waals surface area contributed by atoms with Gasteiger partial charge in [-0.05, 0) is 42.9 Å². The molecule has 3 aliphatic rings. The average Bonchev–Trinajstić information content (AvgIpc) is 2.70. The topological polar surface area (TPSA) is 64.3 Å². The van der Waals surface area contributed by atoms with E-state index in [0.29, 0.717) is 19.2 Å². The third-order valence-electron chi connectivity index (χ3n) is 4.56. The molecule has 0 heterocycles. The van der Waals surface area contributed by atoms with Crippen LogP contribution in [0, 0.1) is 23.7 Å². The lowest BCUT2D eigenvalue weighted by molar-refractivity contribution is -0.125. The Hall–Kier alpha value is -0.610. The first-order valence-electron chi connectivity index (χ1n) is 6.38. The number of hydrogen-bond donors (Lipinski definition) is 2. The van der Waals surface area contributed by atoms with Gasteiger partial charge in [-0.25, -0.2) is 0 Å². The Morgan fingerprint density at radius 1 is 1.31 bits per heavy atom. The summed E-state index contributed by atoms with van der Waals surface area (Å²) in [6.45, 7) is 1.12. The minimum Gasteiger partial charge on any atom is -0.370 e. The molecule has 4 unspecified atom stereocenters. The van der Waals surface area contributed by atoms with E-state index in [4.69, 9.17) is 10.5 Å². The number of carbonyl (C=O) groups excluding carboxylic acids is 1. The molecule has 3 N–H and O–H groups in total. The van der Waals surface area contributed by atoms with E-state index in [2.05, 4.69) is 5.32 Å². The highest BCUT2D eigenvalue weighted by molar-refractivity contribution is 5.78. The van der Waals surface area contributed by atoms with Crippen LogP contribution in [0.5, 0.6) is 0 Å². The Kier molecular flexibility index (Phi) is 2.64. The molecular formula is C12H20N2O2. The van der Waals surface area contributed by atoms with Gasteiger partial charge < -0.3 is 15.8 Å². The fourth-order valence-electron chi connectivity index (χ4n) is 3.99. The molecule has 0 aliphatic heterocycles. The maximum atomic E-state index is 11.6. The fraction of sp³-hybridized carbons (Fsp3) is 0.917. The van der Waals surface area contributed by atoms with Gasteiger partial charge in [-0.1, -0.05) is 0 Å². The third kappa shape index (κ3) is 1.64. The second-order valence-corrected chi connectivity index (χ2v) is 5.42. The molecule has 16 heavy (non-hydrogen) atoms. The van der Waals surface area contributed by atoms with Gasteiger partial charge in [-0.2, -0.15) is 0 Å². The molecule has 3 rings (SSSR count). The van der Waals surface area contributed by atoms with Crippen molar-refractivity contribution in [3.63, 3.8) is 0 Å². The highest BCUT2D eigenvalue weighted by Crippen LogP contribution is 2.65. The summed E-state index contributed by atoms with van der Waals surface area (Å²) in [7, 11) is 0. The predicted molar refractivity (Wildman–Crippen MR) is 59.6 cm³/mol. The van der Waals surface area contributed by atoms with Gasteiger partial charge in [0.15, 0.2) is 0 Å². The highest BCUT2D eigenvalue weighted by atomic mass is 16.5. The summed E-state index contributed by atoms with van der Waals surface area (Å²) in [6, 6.07) is 0.472. The van der Waals surface area contributed by atoms with Crippen LogP contribution in [-0.4, -0.2) is 31.7 Å². The number of hydrogen-bond acceptors (Lipinski definition) is 3. The van der Waals surface area contributed by atoms with Crippen LogP contribution in [0.25, 0.3) is 0 Å². The Bertz CT molecular complexity index is 279. The molecule has 2 bridgehead atoms. The third-order valence-corrected chi connectivity index (χ3v) is 4.56. The van der Waals surface area contributed by atoms with Crippen LogP contribution >= 0.6 is 0 Å². The minimum absolute atomic E-state index is 0.0345. The number of rotatable bonds is 5. The van der Waals surface area contributed by atoms with Gasteiger partial charge in [0.1, 0.15) is 6.61 Å². The molecule has 3 fully saturated rings. The van der Waals surface area contributed by atoms with E-state index in [1.165, 1.54) is 19.3 Å². The summed E-state index contributed by atoms with van der Waals surface area (Å²) in [5.41, 5.74) is 5.29. The van der Waals surface area contributed by atoms with Crippen LogP contribution in [0.15, 0.2) is 0 Å². The van der Waals surface area contributed by atoms with E-state index in [1.807, 2.05) is 0 Å². The lowest BCUT2D eigenvalue weighted by atomic mass is 10.0. The van der Waals surface area contributed by atoms with Gasteiger partial charge in [0.2, 0.25) is 5.91 Å². The zero-order chi connectivity index (χ0) is 11.1. The second kappa shape index (κ2) is 4.00. The molecule has 1 amide bonds. The number of nitrogens with two attached hydrogens (primary N) is 1. The SMILES string of the molecule is NCCOCC(=O)NC1C2C3CCC(C3)C12. The van der Waals surface area contributed by atoms with Crippen molar-refractivity contribution in [2.75, 3.05) is 19.8 Å². The van der Waals surface area contributed by atoms with Crippen LogP contribution in [0.2, 0.25) is 0 Å². The van der Waals surface area contributed by atoms with Crippen LogP contribution in [-0.2, 0) is 9.53 Å². The number of nitrogens with one attached hydrogen (secondary N) is 1. The normalized spacial score (nSPS) is 43.2. The molecule has 90 valence electrons. The first-order valence-corrected chi connectivity index (χ1v) is 6.38. The summed E-state index contributed by atoms with van der Waals surface area (Å²) in [5, 5.41) is 3.11. The molecule has 0 aromatic carbocycles. The monoisotopic (exact) mass is 224 g/mol. The van der Waals surface area contributed by atoms with Gasteiger partial charge in [0, 0.05) is 12.6 Å². The van der Waals surface area contributed by atoms with Gasteiger partial charge in [0.25, 0.3) is 0 Å². The largest absolute Gasteiger partial charge is 0.370 e. The standard InChI is InChI=1S/C12H20N2O2/c13-3-4-16-6-9(15)14-12-10-7-1-2-8(5-7)11(10)12/h7-8,10-12H,1-6,13H2,(H,14,15). The molecule has 0 radical (unpaired) electrons. The van der Waals surface area contributed by atoms with E-state index in [0.717, 1.165) is 23.7 Å². The molecule has 4 atom stereocenters. The summed E-state index contributed by atoms with van der Waals surface area (Å²) >= 11 is 0. The van der Waals surface area contributed by atoms with Crippen molar-refractivity contribution in [1.29, 1.82) is 0 Å². The molecule has 0 aromatic heterocycles. The van der Waals surface area contributed by atoms with E-state index in [-0.39, 0.29) is 12.5 Å². The minimum atomic E-state index is 0.0345. The van der Waals surface area contributed by atoms with Crippen molar-refractivity contribution in [1.82, 2.24) is 5.32 Å². The smallest absolute Gasteiger partial charge is 0.246 e. The summed E-state index contributed by atoms with van der Waals surface area (Å²) in [6.07, 6.45) is 4.20. The highest BCUT2D eigenvalue weighted by Gasteiger charge is 2.65. The molecule has 3 aliphatic carbocycles. The summed E-state index contributed by atoms with van der Waals surface area (Å²) in [4.78, 5) is 11.6. The van der Waals surface area contributed by atoms with Crippen LogP contribution in [0.4, 0.5) is 0 Å². The van der Waals surface area contributed by atoms with Crippen molar-refractivity contribution < 1.29 is 9.53 Å². The molecule has 0 saturated heterocycles. The Balaban J connectivity index is 1.43. The number of fused-ring (bicyclic) bond motifs is 5. The van der Waals surface area contributed by atoms with Gasteiger partial charge in [-0.15, -0.1) is 0 Å². The van der Waals surface area contributed by atoms with Gasteiger partial charge in [0.05, 0.1) is 6.61 Å². The first kappa shape index (κ1) is 10.5. The van der Waals surface area contributed by atoms with E-state index < -0.39 is 0 Å². The second-order valence-electron chi connectivity index (χ2n) is 5.42. The molecule has 4 heteroatoms. The number of ether oxygens (including phenoxy) is 1. The van der Waals surface area contributed by atoms with E-state index in [1.54, 1.807) is 0 Å². The Morgan fingerprint density at radius 2 is 2.00 bits per heavy atom. The Morgan fingerprint density at radius 3 is 2.62 bits per heavy atom. The van der Waals surface area contributed by atoms with Gasteiger partial charge >= 0.3 is 0 Å². The number of carbonyl (C=O) groups is 1. The molecule has 3 saturated carbocycles. The zero-order valence-electron chi connectivity index (χ0n) is 9.52. The average molecular weight is 224 g/mol. The van der Waals surface area contributed by atoms with Crippen molar-refractivity contribution in [3.05, 3.63) is 0 Å². The van der Waals surface area contributed by atoms with Crippen LogP contribution < -0.4 is 11.1 Å². The van der Waals surface area contributed by atoms with Crippen LogP contribution in [0.1, 0.15) is 19.3 Å². The maximum absolute atomic E-state index is 11.6. The predicted octanol–water partition coefficient (Wildman–Crippen LogP) is 0.122. The molecule has 4 nitrogen and oxygen atoms in total. The van der Waals surface area contributed by atoms with Gasteiger partial charge in [-0.3, -0.25) is 4.79 Å².